The van der Waals surface area contributed by atoms with Gasteiger partial charge in [0.15, 0.2) is 6.04 Å². The van der Waals surface area contributed by atoms with E-state index in [-0.39, 0.29) is 13.2 Å². The molecule has 1 aliphatic heterocycles. The molecule has 0 radical (unpaired) electrons. The van der Waals surface area contributed by atoms with Gasteiger partial charge < -0.3 is 29.9 Å². The minimum absolute atomic E-state index is 0.118. The molecule has 0 saturated carbocycles. The summed E-state index contributed by atoms with van der Waals surface area (Å²) in [5, 5.41) is 21.6. The lowest BCUT2D eigenvalue weighted by Crippen LogP contribution is -2.53. The number of methoxy groups -OCH3 is 1. The number of nitrogens with one attached hydrogen (secondary N) is 1. The Labute approximate surface area is 117 Å². The van der Waals surface area contributed by atoms with E-state index in [1.165, 1.54) is 19.1 Å². The molecule has 20 heavy (non-hydrogen) atoms. The monoisotopic (exact) mass is 290 g/mol. The lowest BCUT2D eigenvalue weighted by molar-refractivity contribution is -0.140. The summed E-state index contributed by atoms with van der Waals surface area (Å²) in [6.07, 6.45) is 0.899. The van der Waals surface area contributed by atoms with Crippen LogP contribution < -0.4 is 5.32 Å². The maximum atomic E-state index is 11.9. The number of aliphatic hydroxyl groups is 1. The van der Waals surface area contributed by atoms with Crippen molar-refractivity contribution in [2.45, 2.75) is 24.5 Å². The minimum Gasteiger partial charge on any atom is -0.480 e. The van der Waals surface area contributed by atoms with Crippen LogP contribution >= 0.6 is 0 Å². The van der Waals surface area contributed by atoms with Crippen molar-refractivity contribution in [1.82, 2.24) is 10.2 Å². The number of rotatable bonds is 6. The molecular weight excluding hydrogens is 268 g/mol. The number of ether oxygens (including phenoxy) is 2. The molecule has 0 aromatic rings. The predicted octanol–water partition coefficient (Wildman–Crippen LogP) is -0.731. The van der Waals surface area contributed by atoms with Crippen LogP contribution in [0, 0.1) is 0 Å². The zero-order valence-electron chi connectivity index (χ0n) is 11.8. The van der Waals surface area contributed by atoms with Gasteiger partial charge in [0.1, 0.15) is 0 Å². The van der Waals surface area contributed by atoms with E-state index in [0.717, 1.165) is 0 Å². The van der Waals surface area contributed by atoms with Crippen LogP contribution in [0.2, 0.25) is 0 Å². The molecule has 2 amide bonds. The third-order valence-electron chi connectivity index (χ3n) is 3.23. The maximum absolute atomic E-state index is 11.9. The van der Waals surface area contributed by atoms with Gasteiger partial charge in [0.2, 0.25) is 0 Å². The number of likely N-dealkylation sites (N-methyl/N-ethyl adjacent to an activating group) is 1. The van der Waals surface area contributed by atoms with Crippen LogP contribution in [0.3, 0.4) is 0 Å². The van der Waals surface area contributed by atoms with Gasteiger partial charge in [-0.25, -0.2) is 9.59 Å². The van der Waals surface area contributed by atoms with Crippen LogP contribution in [0.15, 0.2) is 0 Å². The summed E-state index contributed by atoms with van der Waals surface area (Å²) in [5.41, 5.74) is -0.982. The van der Waals surface area contributed by atoms with E-state index >= 15 is 0 Å². The van der Waals surface area contributed by atoms with Crippen LogP contribution in [-0.4, -0.2) is 79.3 Å². The second-order valence-electron chi connectivity index (χ2n) is 4.99. The van der Waals surface area contributed by atoms with Gasteiger partial charge in [-0.1, -0.05) is 0 Å². The molecule has 0 aromatic carbocycles. The molecule has 3 N–H and O–H groups in total. The van der Waals surface area contributed by atoms with Crippen molar-refractivity contribution >= 4 is 12.0 Å². The van der Waals surface area contributed by atoms with Crippen molar-refractivity contribution in [3.63, 3.8) is 0 Å². The summed E-state index contributed by atoms with van der Waals surface area (Å²) in [5.74, 6) is -1.17. The van der Waals surface area contributed by atoms with E-state index in [4.69, 9.17) is 14.6 Å². The third-order valence-corrected chi connectivity index (χ3v) is 3.23. The highest BCUT2D eigenvalue weighted by molar-refractivity contribution is 5.82. The predicted molar refractivity (Wildman–Crippen MR) is 69.5 cm³/mol. The molecule has 1 unspecified atom stereocenters. The van der Waals surface area contributed by atoms with Gasteiger partial charge in [0.05, 0.1) is 18.8 Å². The molecule has 116 valence electrons. The molecular formula is C12H22N2O6. The van der Waals surface area contributed by atoms with Crippen LogP contribution in [0.1, 0.15) is 12.8 Å². The summed E-state index contributed by atoms with van der Waals surface area (Å²) in [6.45, 7) is 0.912. The first kappa shape index (κ1) is 16.7. The lowest BCUT2D eigenvalue weighted by atomic mass is 9.94. The Morgan fingerprint density at radius 3 is 2.55 bits per heavy atom. The number of hydrogen-bond acceptors (Lipinski definition) is 5. The van der Waals surface area contributed by atoms with Crippen molar-refractivity contribution in [2.75, 3.05) is 40.5 Å². The fraction of sp³-hybridized carbons (Fsp3) is 0.833. The molecule has 1 heterocycles. The smallest absolute Gasteiger partial charge is 0.328 e. The van der Waals surface area contributed by atoms with Gasteiger partial charge >= 0.3 is 12.0 Å². The summed E-state index contributed by atoms with van der Waals surface area (Å²) in [6, 6.07) is -1.67. The van der Waals surface area contributed by atoms with Gasteiger partial charge in [0.25, 0.3) is 0 Å². The van der Waals surface area contributed by atoms with Crippen LogP contribution in [0.25, 0.3) is 0 Å². The van der Waals surface area contributed by atoms with E-state index in [9.17, 15) is 14.7 Å². The molecule has 0 bridgehead atoms. The number of aliphatic carboxylic acids is 1. The second kappa shape index (κ2) is 7.41. The Hall–Kier alpha value is -1.38. The molecule has 0 spiro atoms. The highest BCUT2D eigenvalue weighted by atomic mass is 16.5. The maximum Gasteiger partial charge on any atom is 0.328 e. The highest BCUT2D eigenvalue weighted by Crippen LogP contribution is 2.21. The Bertz CT molecular complexity index is 343. The molecule has 8 heteroatoms. The number of carbonyl (C=O) groups is 2. The van der Waals surface area contributed by atoms with E-state index in [1.54, 1.807) is 0 Å². The number of carboxylic acids is 1. The van der Waals surface area contributed by atoms with Crippen molar-refractivity contribution in [1.29, 1.82) is 0 Å². The second-order valence-corrected chi connectivity index (χ2v) is 4.99. The van der Waals surface area contributed by atoms with E-state index in [2.05, 4.69) is 5.32 Å². The molecule has 1 fully saturated rings. The first-order valence-corrected chi connectivity index (χ1v) is 6.41. The quantitative estimate of drug-likeness (QED) is 0.595. The van der Waals surface area contributed by atoms with Gasteiger partial charge in [-0.3, -0.25) is 0 Å². The van der Waals surface area contributed by atoms with Gasteiger partial charge in [0, 0.05) is 40.2 Å². The number of nitrogens with zero attached hydrogens (tertiary/aromatic N) is 1. The third kappa shape index (κ3) is 4.95. The average Bonchev–Trinajstić information content (AvgIpc) is 2.38. The van der Waals surface area contributed by atoms with Crippen molar-refractivity contribution in [3.8, 4) is 0 Å². The van der Waals surface area contributed by atoms with Gasteiger partial charge in [-0.15, -0.1) is 0 Å². The summed E-state index contributed by atoms with van der Waals surface area (Å²) in [7, 11) is 2.87. The number of carboxylic acid groups (broad SMARTS) is 1. The lowest BCUT2D eigenvalue weighted by Gasteiger charge is -2.35. The first-order chi connectivity index (χ1) is 9.38. The van der Waals surface area contributed by atoms with Crippen molar-refractivity contribution < 1.29 is 29.3 Å². The molecule has 0 aromatic heterocycles. The normalized spacial score (nSPS) is 19.1. The molecule has 1 aliphatic rings. The van der Waals surface area contributed by atoms with E-state index in [1.807, 2.05) is 0 Å². The van der Waals surface area contributed by atoms with Crippen LogP contribution in [0.5, 0.6) is 0 Å². The topological polar surface area (TPSA) is 108 Å². The SMILES string of the molecule is COCC(NC(=O)N(C)CC1(O)CCOCC1)C(=O)O. The van der Waals surface area contributed by atoms with Crippen molar-refractivity contribution in [2.24, 2.45) is 0 Å². The molecule has 1 saturated heterocycles. The van der Waals surface area contributed by atoms with E-state index < -0.39 is 23.6 Å². The zero-order valence-corrected chi connectivity index (χ0v) is 11.8. The fourth-order valence-corrected chi connectivity index (χ4v) is 2.02. The van der Waals surface area contributed by atoms with Crippen molar-refractivity contribution in [3.05, 3.63) is 0 Å². The molecule has 0 aliphatic carbocycles. The zero-order chi connectivity index (χ0) is 15.2. The number of urea groups is 1. The van der Waals surface area contributed by atoms with Crippen LogP contribution in [0.4, 0.5) is 4.79 Å². The number of carbonyl (C=O) groups excluding carboxylic acids is 1. The summed E-state index contributed by atoms with van der Waals surface area (Å²) < 4.78 is 9.90. The van der Waals surface area contributed by atoms with Crippen LogP contribution in [-0.2, 0) is 14.3 Å². The minimum atomic E-state index is -1.17. The Morgan fingerprint density at radius 2 is 2.05 bits per heavy atom. The molecule has 1 atom stereocenters. The molecule has 1 rings (SSSR count). The van der Waals surface area contributed by atoms with Gasteiger partial charge in [-0.2, -0.15) is 0 Å². The summed E-state index contributed by atoms with van der Waals surface area (Å²) >= 11 is 0. The summed E-state index contributed by atoms with van der Waals surface area (Å²) in [4.78, 5) is 24.1. The van der Waals surface area contributed by atoms with Gasteiger partial charge in [-0.05, 0) is 0 Å². The highest BCUT2D eigenvalue weighted by Gasteiger charge is 2.33. The Kier molecular flexibility index (Phi) is 6.18. The first-order valence-electron chi connectivity index (χ1n) is 6.41. The largest absolute Gasteiger partial charge is 0.480 e. The molecule has 8 nitrogen and oxygen atoms in total. The number of hydrogen-bond donors (Lipinski definition) is 3. The van der Waals surface area contributed by atoms with E-state index in [0.29, 0.717) is 26.1 Å². The standard InChI is InChI=1S/C12H22N2O6/c1-14(8-12(18)3-5-20-6-4-12)11(17)13-9(7-19-2)10(15)16/h9,18H,3-8H2,1-2H3,(H,13,17)(H,15,16). The Balaban J connectivity index is 2.51. The Morgan fingerprint density at radius 1 is 1.45 bits per heavy atom. The number of amides is 2. The average molecular weight is 290 g/mol. The fourth-order valence-electron chi connectivity index (χ4n) is 2.02.